The number of aromatic nitrogens is 3. The number of pyridine rings is 3. The van der Waals surface area contributed by atoms with Crippen LogP contribution in [0.4, 0.5) is 0 Å². The first-order chi connectivity index (χ1) is 28.0. The van der Waals surface area contributed by atoms with Gasteiger partial charge in [-0.3, -0.25) is 15.0 Å². The van der Waals surface area contributed by atoms with Crippen molar-refractivity contribution < 1.29 is 20.1 Å². The number of nitrogens with zero attached hydrogens (tertiary/aromatic N) is 3. The molecule has 9 aromatic rings. The van der Waals surface area contributed by atoms with Crippen LogP contribution in [-0.4, -0.2) is 15.0 Å². The average molecular weight is 928 g/mol. The Morgan fingerprint density at radius 2 is 0.448 bits per heavy atom. The fourth-order valence-corrected chi connectivity index (χ4v) is 6.73. The third-order valence-electron chi connectivity index (χ3n) is 9.80. The van der Waals surface area contributed by atoms with E-state index in [0.29, 0.717) is 0 Å². The fourth-order valence-electron chi connectivity index (χ4n) is 6.73. The molecule has 6 aromatic carbocycles. The van der Waals surface area contributed by atoms with Gasteiger partial charge in [0.15, 0.2) is 0 Å². The van der Waals surface area contributed by atoms with Gasteiger partial charge in [0.25, 0.3) is 0 Å². The standard InChI is InChI=1S/3C18H15N.Ir/c3*1-14-12-18(16-10-6-3-7-11-16)19-13-17(14)15-8-4-2-5-9-15;/h3*2-13H,1H3;/q;;;+3. The number of hydrogen-bond donors (Lipinski definition) is 0. The molecule has 0 aliphatic carbocycles. The van der Waals surface area contributed by atoms with Crippen LogP contribution < -0.4 is 0 Å². The zero-order chi connectivity index (χ0) is 39.2. The molecule has 282 valence electrons. The van der Waals surface area contributed by atoms with E-state index in [-0.39, 0.29) is 20.1 Å². The van der Waals surface area contributed by atoms with E-state index in [1.165, 1.54) is 50.1 Å². The molecule has 3 nitrogen and oxygen atoms in total. The average Bonchev–Trinajstić information content (AvgIpc) is 3.28. The van der Waals surface area contributed by atoms with Crippen LogP contribution in [0.25, 0.3) is 67.2 Å². The smallest absolute Gasteiger partial charge is 0.256 e. The molecule has 0 atom stereocenters. The van der Waals surface area contributed by atoms with Gasteiger partial charge in [-0.2, -0.15) is 0 Å². The van der Waals surface area contributed by atoms with Crippen LogP contribution >= 0.6 is 0 Å². The predicted octanol–water partition coefficient (Wildman–Crippen LogP) is 14.2. The summed E-state index contributed by atoms with van der Waals surface area (Å²) < 4.78 is 0. The Kier molecular flexibility index (Phi) is 14.5. The molecule has 0 amide bonds. The van der Waals surface area contributed by atoms with Gasteiger partial charge >= 0.3 is 20.1 Å². The Hall–Kier alpha value is -6.58. The zero-order valence-electron chi connectivity index (χ0n) is 33.0. The third kappa shape index (κ3) is 10.6. The van der Waals surface area contributed by atoms with E-state index in [2.05, 4.69) is 163 Å². The SMILES string of the molecule is Cc1cc(-c2ccccc2)ncc1-c1ccccc1.Cc1cc(-c2ccccc2)ncc1-c1ccccc1.Cc1cc(-c2ccccc2)ncc1-c1ccccc1.[Ir+3]. The van der Waals surface area contributed by atoms with Gasteiger partial charge in [-0.15, -0.1) is 0 Å². The number of rotatable bonds is 6. The van der Waals surface area contributed by atoms with Crippen LogP contribution in [0, 0.1) is 20.8 Å². The molecule has 4 heteroatoms. The first-order valence-electron chi connectivity index (χ1n) is 19.3. The molecule has 0 radical (unpaired) electrons. The quantitative estimate of drug-likeness (QED) is 0.167. The van der Waals surface area contributed by atoms with E-state index >= 15 is 0 Å². The molecule has 0 aliphatic heterocycles. The van der Waals surface area contributed by atoms with Crippen LogP contribution in [0.5, 0.6) is 0 Å². The third-order valence-corrected chi connectivity index (χ3v) is 9.80. The summed E-state index contributed by atoms with van der Waals surface area (Å²) in [7, 11) is 0. The van der Waals surface area contributed by atoms with Gasteiger partial charge in [0.1, 0.15) is 0 Å². The van der Waals surface area contributed by atoms with Crippen molar-refractivity contribution in [2.45, 2.75) is 20.8 Å². The van der Waals surface area contributed by atoms with Crippen molar-refractivity contribution in [1.82, 2.24) is 15.0 Å². The second-order valence-electron chi connectivity index (χ2n) is 13.8. The van der Waals surface area contributed by atoms with E-state index < -0.39 is 0 Å². The molecule has 0 unspecified atom stereocenters. The Balaban J connectivity index is 0.000000145. The van der Waals surface area contributed by atoms with Crippen molar-refractivity contribution in [3.05, 3.63) is 235 Å². The Morgan fingerprint density at radius 1 is 0.259 bits per heavy atom. The van der Waals surface area contributed by atoms with Crippen molar-refractivity contribution in [3.63, 3.8) is 0 Å². The first-order valence-corrected chi connectivity index (χ1v) is 19.3. The number of benzene rings is 6. The van der Waals surface area contributed by atoms with Gasteiger partial charge in [-0.25, -0.2) is 0 Å². The van der Waals surface area contributed by atoms with E-state index in [9.17, 15) is 0 Å². The second-order valence-corrected chi connectivity index (χ2v) is 13.8. The molecular formula is C54H45IrN3+3. The van der Waals surface area contributed by atoms with Crippen molar-refractivity contribution in [2.24, 2.45) is 0 Å². The summed E-state index contributed by atoms with van der Waals surface area (Å²) in [5.74, 6) is 0. The first kappa shape index (κ1) is 41.1. The van der Waals surface area contributed by atoms with Crippen LogP contribution in [0.15, 0.2) is 219 Å². The largest absolute Gasteiger partial charge is 3.00 e. The summed E-state index contributed by atoms with van der Waals surface area (Å²) in [5, 5.41) is 0. The van der Waals surface area contributed by atoms with Gasteiger partial charge in [-0.1, -0.05) is 182 Å². The minimum absolute atomic E-state index is 0. The molecule has 3 aromatic heterocycles. The predicted molar refractivity (Wildman–Crippen MR) is 240 cm³/mol. The fraction of sp³-hybridized carbons (Fsp3) is 0.0556. The van der Waals surface area contributed by atoms with Gasteiger partial charge in [0.2, 0.25) is 0 Å². The monoisotopic (exact) mass is 928 g/mol. The van der Waals surface area contributed by atoms with Gasteiger partial charge in [-0.05, 0) is 72.4 Å². The Morgan fingerprint density at radius 3 is 0.638 bits per heavy atom. The van der Waals surface area contributed by atoms with Crippen LogP contribution in [-0.2, 0) is 20.1 Å². The molecule has 0 bridgehead atoms. The van der Waals surface area contributed by atoms with E-state index in [0.717, 1.165) is 33.8 Å². The summed E-state index contributed by atoms with van der Waals surface area (Å²) in [6, 6.07) is 68.4. The number of hydrogen-bond acceptors (Lipinski definition) is 3. The van der Waals surface area contributed by atoms with Crippen molar-refractivity contribution in [1.29, 1.82) is 0 Å². The second kappa shape index (κ2) is 20.5. The van der Waals surface area contributed by atoms with Crippen LogP contribution in [0.1, 0.15) is 16.7 Å². The van der Waals surface area contributed by atoms with E-state index in [1.54, 1.807) is 0 Å². The molecule has 0 fully saturated rings. The van der Waals surface area contributed by atoms with Crippen molar-refractivity contribution in [2.75, 3.05) is 0 Å². The van der Waals surface area contributed by atoms with E-state index in [4.69, 9.17) is 0 Å². The molecule has 3 heterocycles. The summed E-state index contributed by atoms with van der Waals surface area (Å²) in [5.41, 5.74) is 17.5. The normalized spacial score (nSPS) is 10.2. The molecule has 0 N–H and O–H groups in total. The molecule has 0 spiro atoms. The van der Waals surface area contributed by atoms with Crippen molar-refractivity contribution in [3.8, 4) is 67.2 Å². The minimum Gasteiger partial charge on any atom is -0.256 e. The van der Waals surface area contributed by atoms with Crippen molar-refractivity contribution >= 4 is 0 Å². The van der Waals surface area contributed by atoms with Crippen LogP contribution in [0.3, 0.4) is 0 Å². The zero-order valence-corrected chi connectivity index (χ0v) is 35.4. The minimum atomic E-state index is 0. The van der Waals surface area contributed by atoms with Gasteiger partial charge in [0, 0.05) is 52.0 Å². The maximum absolute atomic E-state index is 4.59. The molecule has 0 saturated heterocycles. The molecule has 58 heavy (non-hydrogen) atoms. The summed E-state index contributed by atoms with van der Waals surface area (Å²) in [6.07, 6.45) is 5.90. The van der Waals surface area contributed by atoms with Gasteiger partial charge < -0.3 is 0 Å². The summed E-state index contributed by atoms with van der Waals surface area (Å²) >= 11 is 0. The molecular weight excluding hydrogens is 883 g/mol. The number of aryl methyl sites for hydroxylation is 3. The maximum Gasteiger partial charge on any atom is 3.00 e. The van der Waals surface area contributed by atoms with Gasteiger partial charge in [0.05, 0.1) is 17.1 Å². The molecule has 0 aliphatic rings. The Labute approximate surface area is 356 Å². The van der Waals surface area contributed by atoms with Crippen LogP contribution in [0.2, 0.25) is 0 Å². The topological polar surface area (TPSA) is 38.7 Å². The molecule has 9 rings (SSSR count). The Bertz CT molecular complexity index is 2320. The molecule has 0 saturated carbocycles. The van der Waals surface area contributed by atoms with E-state index in [1.807, 2.05) is 91.4 Å². The maximum atomic E-state index is 4.59. The summed E-state index contributed by atoms with van der Waals surface area (Å²) in [6.45, 7) is 6.41. The summed E-state index contributed by atoms with van der Waals surface area (Å²) in [4.78, 5) is 13.8.